The van der Waals surface area contributed by atoms with E-state index in [-0.39, 0.29) is 5.91 Å². The van der Waals surface area contributed by atoms with E-state index in [1.807, 2.05) is 66.7 Å². The van der Waals surface area contributed by atoms with E-state index in [1.54, 1.807) is 26.2 Å². The maximum Gasteiger partial charge on any atom is 0.255 e. The molecular formula is C26H21N5O3. The van der Waals surface area contributed by atoms with Gasteiger partial charge in [0.15, 0.2) is 11.3 Å². The second kappa shape index (κ2) is 9.03. The van der Waals surface area contributed by atoms with Crippen LogP contribution in [0.5, 0.6) is 5.75 Å². The van der Waals surface area contributed by atoms with E-state index < -0.39 is 0 Å². The van der Waals surface area contributed by atoms with Crippen molar-refractivity contribution < 1.29 is 13.9 Å². The maximum absolute atomic E-state index is 12.4. The summed E-state index contributed by atoms with van der Waals surface area (Å²) in [7, 11) is 1.62. The van der Waals surface area contributed by atoms with Crippen LogP contribution in [0.3, 0.4) is 0 Å². The molecule has 0 unspecified atom stereocenters. The fourth-order valence-corrected chi connectivity index (χ4v) is 3.44. The van der Waals surface area contributed by atoms with Crippen molar-refractivity contribution in [2.45, 2.75) is 6.92 Å². The number of ether oxygens (including phenoxy) is 1. The first kappa shape index (κ1) is 21.1. The van der Waals surface area contributed by atoms with Crippen molar-refractivity contribution in [3.05, 3.63) is 90.3 Å². The highest BCUT2D eigenvalue weighted by molar-refractivity contribution is 6.04. The van der Waals surface area contributed by atoms with Crippen molar-refractivity contribution in [3.8, 4) is 17.2 Å². The van der Waals surface area contributed by atoms with Gasteiger partial charge in [0.2, 0.25) is 5.89 Å². The van der Waals surface area contributed by atoms with E-state index in [2.05, 4.69) is 25.6 Å². The number of carbonyl (C=O) groups excluding carboxylic acids is 1. The summed E-state index contributed by atoms with van der Waals surface area (Å²) in [6.07, 6.45) is 0. The molecule has 0 aliphatic rings. The minimum Gasteiger partial charge on any atom is -0.497 e. The number of methoxy groups -OCH3 is 1. The van der Waals surface area contributed by atoms with Gasteiger partial charge >= 0.3 is 0 Å². The van der Waals surface area contributed by atoms with E-state index >= 15 is 0 Å². The molecule has 0 aliphatic heterocycles. The molecule has 2 aromatic heterocycles. The molecule has 0 radical (unpaired) electrons. The van der Waals surface area contributed by atoms with E-state index in [4.69, 9.17) is 9.15 Å². The molecule has 0 atom stereocenters. The third-order valence-corrected chi connectivity index (χ3v) is 5.15. The lowest BCUT2D eigenvalue weighted by molar-refractivity contribution is 0.102. The normalized spacial score (nSPS) is 10.8. The molecule has 8 nitrogen and oxygen atoms in total. The largest absolute Gasteiger partial charge is 0.497 e. The molecule has 5 rings (SSSR count). The predicted molar refractivity (Wildman–Crippen MR) is 130 cm³/mol. The molecule has 0 aliphatic carbocycles. The Balaban J connectivity index is 1.37. The Morgan fingerprint density at radius 3 is 2.26 bits per heavy atom. The number of carbonyl (C=O) groups is 1. The number of amides is 1. The van der Waals surface area contributed by atoms with Crippen LogP contribution in [0.4, 0.5) is 17.2 Å². The van der Waals surface area contributed by atoms with E-state index in [9.17, 15) is 4.79 Å². The number of hydrogen-bond acceptors (Lipinski definition) is 7. The van der Waals surface area contributed by atoms with Crippen LogP contribution in [0, 0.1) is 6.92 Å². The Morgan fingerprint density at radius 1 is 0.853 bits per heavy atom. The molecule has 0 fully saturated rings. The highest BCUT2D eigenvalue weighted by Crippen LogP contribution is 2.29. The summed E-state index contributed by atoms with van der Waals surface area (Å²) >= 11 is 0. The molecule has 168 valence electrons. The van der Waals surface area contributed by atoms with Crippen LogP contribution >= 0.6 is 0 Å². The minimum atomic E-state index is -0.164. The van der Waals surface area contributed by atoms with Gasteiger partial charge in [0.1, 0.15) is 11.6 Å². The lowest BCUT2D eigenvalue weighted by atomic mass is 10.2. The number of nitrogens with one attached hydrogen (secondary N) is 2. The lowest BCUT2D eigenvalue weighted by Gasteiger charge is -2.09. The van der Waals surface area contributed by atoms with E-state index in [0.717, 1.165) is 17.0 Å². The summed E-state index contributed by atoms with van der Waals surface area (Å²) < 4.78 is 11.1. The summed E-state index contributed by atoms with van der Waals surface area (Å²) in [5, 5.41) is 6.17. The molecule has 2 heterocycles. The Bertz CT molecular complexity index is 1450. The van der Waals surface area contributed by atoms with Crippen LogP contribution in [-0.4, -0.2) is 28.0 Å². The Labute approximate surface area is 195 Å². The molecule has 0 bridgehead atoms. The third-order valence-electron chi connectivity index (χ3n) is 5.15. The van der Waals surface area contributed by atoms with Gasteiger partial charge in [0.25, 0.3) is 11.6 Å². The van der Waals surface area contributed by atoms with Crippen molar-refractivity contribution in [2.75, 3.05) is 17.7 Å². The highest BCUT2D eigenvalue weighted by Gasteiger charge is 2.16. The van der Waals surface area contributed by atoms with Crippen LogP contribution in [-0.2, 0) is 0 Å². The standard InChI is InChI=1S/C26H21N5O3/c1-16-27-23(22-26(28-16)34-25(31-22)18-8-14-21(33-2)15-9-18)29-19-10-12-20(13-11-19)30-24(32)17-6-4-3-5-7-17/h3-15H,1-2H3,(H,30,32)(H,27,28,29). The number of aromatic nitrogens is 3. The Kier molecular flexibility index (Phi) is 5.61. The fourth-order valence-electron chi connectivity index (χ4n) is 3.44. The summed E-state index contributed by atoms with van der Waals surface area (Å²) in [4.78, 5) is 25.9. The van der Waals surface area contributed by atoms with Gasteiger partial charge in [-0.15, -0.1) is 0 Å². The average Bonchev–Trinajstić information content (AvgIpc) is 3.30. The zero-order valence-corrected chi connectivity index (χ0v) is 18.6. The molecule has 2 N–H and O–H groups in total. The van der Waals surface area contributed by atoms with Gasteiger partial charge in [0, 0.05) is 22.5 Å². The predicted octanol–water partition coefficient (Wildman–Crippen LogP) is 5.60. The van der Waals surface area contributed by atoms with Crippen molar-refractivity contribution in [1.82, 2.24) is 15.0 Å². The van der Waals surface area contributed by atoms with Gasteiger partial charge in [-0.2, -0.15) is 4.98 Å². The van der Waals surface area contributed by atoms with Crippen molar-refractivity contribution in [1.29, 1.82) is 0 Å². The zero-order valence-electron chi connectivity index (χ0n) is 18.6. The molecule has 34 heavy (non-hydrogen) atoms. The number of nitrogens with zero attached hydrogens (tertiary/aromatic N) is 3. The molecule has 0 saturated carbocycles. The Morgan fingerprint density at radius 2 is 1.56 bits per heavy atom. The first-order valence-corrected chi connectivity index (χ1v) is 10.6. The van der Waals surface area contributed by atoms with Crippen LogP contribution in [0.1, 0.15) is 16.2 Å². The summed E-state index contributed by atoms with van der Waals surface area (Å²) in [5.74, 6) is 2.12. The smallest absolute Gasteiger partial charge is 0.255 e. The number of aryl methyl sites for hydroxylation is 1. The van der Waals surface area contributed by atoms with E-state index in [0.29, 0.717) is 40.0 Å². The second-order valence-corrected chi connectivity index (χ2v) is 7.54. The van der Waals surface area contributed by atoms with Gasteiger partial charge in [-0.25, -0.2) is 9.97 Å². The van der Waals surface area contributed by atoms with Gasteiger partial charge in [0.05, 0.1) is 7.11 Å². The van der Waals surface area contributed by atoms with Crippen molar-refractivity contribution in [2.24, 2.45) is 0 Å². The van der Waals surface area contributed by atoms with Crippen LogP contribution in [0.15, 0.2) is 83.3 Å². The fraction of sp³-hybridized carbons (Fsp3) is 0.0769. The van der Waals surface area contributed by atoms with Gasteiger partial charge in [-0.1, -0.05) is 18.2 Å². The summed E-state index contributed by atoms with van der Waals surface area (Å²) in [6, 6.07) is 23.9. The number of benzene rings is 3. The number of hydrogen-bond donors (Lipinski definition) is 2. The third kappa shape index (κ3) is 4.42. The summed E-state index contributed by atoms with van der Waals surface area (Å²) in [6.45, 7) is 1.79. The molecule has 3 aromatic carbocycles. The quantitative estimate of drug-likeness (QED) is 0.346. The monoisotopic (exact) mass is 451 g/mol. The molecule has 8 heteroatoms. The zero-order chi connectivity index (χ0) is 23.5. The molecule has 0 spiro atoms. The topological polar surface area (TPSA) is 102 Å². The van der Waals surface area contributed by atoms with Crippen molar-refractivity contribution in [3.63, 3.8) is 0 Å². The lowest BCUT2D eigenvalue weighted by Crippen LogP contribution is -2.11. The second-order valence-electron chi connectivity index (χ2n) is 7.54. The molecule has 0 saturated heterocycles. The maximum atomic E-state index is 12.4. The molecule has 5 aromatic rings. The number of oxazole rings is 1. The number of rotatable bonds is 6. The summed E-state index contributed by atoms with van der Waals surface area (Å²) in [5.41, 5.74) is 3.80. The van der Waals surface area contributed by atoms with Gasteiger partial charge in [-0.05, 0) is 67.6 Å². The number of anilines is 3. The van der Waals surface area contributed by atoms with Crippen LogP contribution in [0.2, 0.25) is 0 Å². The van der Waals surface area contributed by atoms with Crippen LogP contribution < -0.4 is 15.4 Å². The number of fused-ring (bicyclic) bond motifs is 1. The minimum absolute atomic E-state index is 0.164. The van der Waals surface area contributed by atoms with Crippen molar-refractivity contribution >= 4 is 34.3 Å². The van der Waals surface area contributed by atoms with Gasteiger partial charge in [-0.3, -0.25) is 4.79 Å². The van der Waals surface area contributed by atoms with E-state index in [1.165, 1.54) is 0 Å². The average molecular weight is 451 g/mol. The van der Waals surface area contributed by atoms with Crippen LogP contribution in [0.25, 0.3) is 22.7 Å². The van der Waals surface area contributed by atoms with Gasteiger partial charge < -0.3 is 19.8 Å². The highest BCUT2D eigenvalue weighted by atomic mass is 16.5. The first-order chi connectivity index (χ1) is 16.6. The molecular weight excluding hydrogens is 430 g/mol. The SMILES string of the molecule is COc1ccc(-c2nc3c(Nc4ccc(NC(=O)c5ccccc5)cc4)nc(C)nc3o2)cc1. The first-order valence-electron chi connectivity index (χ1n) is 10.6. The Hall–Kier alpha value is -4.72. The molecule has 1 amide bonds.